The summed E-state index contributed by atoms with van der Waals surface area (Å²) in [6.07, 6.45) is 1.87. The molecular weight excluding hydrogens is 434 g/mol. The summed E-state index contributed by atoms with van der Waals surface area (Å²) in [7, 11) is 1.96. The number of ether oxygens (including phenoxy) is 1. The lowest BCUT2D eigenvalue weighted by atomic mass is 10.0. The SMILES string of the molecule is CNCCCOc1ccc2nc(C(Cc3cccc(C)c3)NSc3ccccc3)sc2c1. The van der Waals surface area contributed by atoms with Gasteiger partial charge in [-0.05, 0) is 81.2 Å². The van der Waals surface area contributed by atoms with E-state index < -0.39 is 0 Å². The van der Waals surface area contributed by atoms with Crippen molar-refractivity contribution in [2.24, 2.45) is 0 Å². The molecule has 0 aliphatic carbocycles. The van der Waals surface area contributed by atoms with Crippen molar-refractivity contribution in [1.29, 1.82) is 0 Å². The summed E-state index contributed by atoms with van der Waals surface area (Å²) in [5, 5.41) is 4.24. The third-order valence-electron chi connectivity index (χ3n) is 5.10. The van der Waals surface area contributed by atoms with Gasteiger partial charge in [0.15, 0.2) is 0 Å². The Labute approximate surface area is 198 Å². The van der Waals surface area contributed by atoms with E-state index in [1.54, 1.807) is 23.3 Å². The van der Waals surface area contributed by atoms with Crippen molar-refractivity contribution in [2.45, 2.75) is 30.7 Å². The van der Waals surface area contributed by atoms with E-state index in [0.717, 1.165) is 40.4 Å². The molecule has 0 fully saturated rings. The van der Waals surface area contributed by atoms with Crippen molar-refractivity contribution >= 4 is 33.5 Å². The molecule has 0 saturated carbocycles. The van der Waals surface area contributed by atoms with Crippen LogP contribution in [-0.4, -0.2) is 25.2 Å². The zero-order valence-corrected chi connectivity index (χ0v) is 20.1. The Morgan fingerprint density at radius 1 is 1.03 bits per heavy atom. The molecule has 3 aromatic carbocycles. The van der Waals surface area contributed by atoms with Crippen LogP contribution in [0.4, 0.5) is 0 Å². The topological polar surface area (TPSA) is 46.2 Å². The molecule has 0 saturated heterocycles. The molecule has 6 heteroatoms. The number of aromatic nitrogens is 1. The van der Waals surface area contributed by atoms with Crippen LogP contribution in [-0.2, 0) is 6.42 Å². The number of benzene rings is 3. The Morgan fingerprint density at radius 3 is 2.72 bits per heavy atom. The normalized spacial score (nSPS) is 12.2. The second-order valence-electron chi connectivity index (χ2n) is 7.77. The zero-order chi connectivity index (χ0) is 22.2. The third-order valence-corrected chi connectivity index (χ3v) is 7.14. The van der Waals surface area contributed by atoms with Crippen LogP contribution < -0.4 is 14.8 Å². The van der Waals surface area contributed by atoms with Gasteiger partial charge in [-0.15, -0.1) is 11.3 Å². The number of thiazole rings is 1. The quantitative estimate of drug-likeness (QED) is 0.206. The molecule has 1 heterocycles. The number of hydrogen-bond acceptors (Lipinski definition) is 6. The van der Waals surface area contributed by atoms with E-state index in [-0.39, 0.29) is 6.04 Å². The summed E-state index contributed by atoms with van der Waals surface area (Å²) in [5.41, 5.74) is 3.61. The van der Waals surface area contributed by atoms with Crippen molar-refractivity contribution < 1.29 is 4.74 Å². The van der Waals surface area contributed by atoms with E-state index in [9.17, 15) is 0 Å². The van der Waals surface area contributed by atoms with Gasteiger partial charge in [0.05, 0.1) is 22.9 Å². The Morgan fingerprint density at radius 2 is 1.91 bits per heavy atom. The number of rotatable bonds is 11. The fourth-order valence-corrected chi connectivity index (χ4v) is 5.37. The van der Waals surface area contributed by atoms with Crippen LogP contribution in [0.15, 0.2) is 77.7 Å². The van der Waals surface area contributed by atoms with Gasteiger partial charge in [0.1, 0.15) is 10.8 Å². The van der Waals surface area contributed by atoms with Gasteiger partial charge in [-0.1, -0.05) is 48.0 Å². The van der Waals surface area contributed by atoms with Gasteiger partial charge in [-0.2, -0.15) is 0 Å². The van der Waals surface area contributed by atoms with Gasteiger partial charge in [0.25, 0.3) is 0 Å². The van der Waals surface area contributed by atoms with E-state index in [4.69, 9.17) is 9.72 Å². The molecule has 32 heavy (non-hydrogen) atoms. The van der Waals surface area contributed by atoms with Gasteiger partial charge in [-0.25, -0.2) is 9.71 Å². The molecule has 1 aromatic heterocycles. The summed E-state index contributed by atoms with van der Waals surface area (Å²) in [6.45, 7) is 3.81. The van der Waals surface area contributed by atoms with Gasteiger partial charge < -0.3 is 10.1 Å². The highest BCUT2D eigenvalue weighted by molar-refractivity contribution is 7.97. The maximum Gasteiger partial charge on any atom is 0.120 e. The summed E-state index contributed by atoms with van der Waals surface area (Å²) in [6, 6.07) is 25.4. The molecule has 0 aliphatic heterocycles. The Kier molecular flexibility index (Phi) is 8.18. The van der Waals surface area contributed by atoms with Crippen molar-refractivity contribution in [3.63, 3.8) is 0 Å². The summed E-state index contributed by atoms with van der Waals surface area (Å²) in [4.78, 5) is 6.17. The highest BCUT2D eigenvalue weighted by Crippen LogP contribution is 2.33. The van der Waals surface area contributed by atoms with Crippen LogP contribution in [0.3, 0.4) is 0 Å². The fourth-order valence-electron chi connectivity index (χ4n) is 3.48. The standard InChI is InChI=1S/C26H29N3OS2/c1-19-8-6-9-20(16-19)17-24(29-32-22-10-4-3-5-11-22)26-28-23-13-12-21(18-25(23)31-26)30-15-7-14-27-2/h3-6,8-13,16,18,24,27,29H,7,14-15,17H2,1-2H3. The molecule has 0 spiro atoms. The smallest absolute Gasteiger partial charge is 0.120 e. The predicted molar refractivity (Wildman–Crippen MR) is 137 cm³/mol. The van der Waals surface area contributed by atoms with Crippen LogP contribution in [0.25, 0.3) is 10.2 Å². The van der Waals surface area contributed by atoms with Crippen LogP contribution in [0.1, 0.15) is 28.6 Å². The lowest BCUT2D eigenvalue weighted by molar-refractivity contribution is 0.310. The summed E-state index contributed by atoms with van der Waals surface area (Å²) in [5.74, 6) is 0.908. The van der Waals surface area contributed by atoms with Gasteiger partial charge in [-0.3, -0.25) is 0 Å². The lowest BCUT2D eigenvalue weighted by Gasteiger charge is -2.16. The highest BCUT2D eigenvalue weighted by Gasteiger charge is 2.18. The van der Waals surface area contributed by atoms with Gasteiger partial charge >= 0.3 is 0 Å². The maximum absolute atomic E-state index is 5.92. The second-order valence-corrected chi connectivity index (χ2v) is 9.74. The number of hydrogen-bond donors (Lipinski definition) is 2. The van der Waals surface area contributed by atoms with E-state index in [2.05, 4.69) is 77.6 Å². The molecule has 4 aromatic rings. The van der Waals surface area contributed by atoms with Crippen molar-refractivity contribution in [2.75, 3.05) is 20.2 Å². The van der Waals surface area contributed by atoms with Crippen molar-refractivity contribution in [3.8, 4) is 5.75 Å². The molecule has 166 valence electrons. The van der Waals surface area contributed by atoms with Crippen molar-refractivity contribution in [3.05, 3.63) is 88.9 Å². The second kappa shape index (κ2) is 11.5. The van der Waals surface area contributed by atoms with Crippen LogP contribution in [0.5, 0.6) is 5.75 Å². The monoisotopic (exact) mass is 463 g/mol. The average molecular weight is 464 g/mol. The first-order chi connectivity index (χ1) is 15.7. The van der Waals surface area contributed by atoms with E-state index >= 15 is 0 Å². The molecule has 0 amide bonds. The average Bonchev–Trinajstić information content (AvgIpc) is 3.23. The first kappa shape index (κ1) is 22.8. The Bertz CT molecular complexity index is 1130. The molecule has 1 unspecified atom stereocenters. The van der Waals surface area contributed by atoms with Crippen LogP contribution in [0.2, 0.25) is 0 Å². The van der Waals surface area contributed by atoms with Gasteiger partial charge in [0.2, 0.25) is 0 Å². The largest absolute Gasteiger partial charge is 0.493 e. The predicted octanol–water partition coefficient (Wildman–Crippen LogP) is 6.17. The summed E-state index contributed by atoms with van der Waals surface area (Å²) >= 11 is 3.40. The molecular formula is C26H29N3OS2. The molecule has 0 aliphatic rings. The van der Waals surface area contributed by atoms with Crippen molar-refractivity contribution in [1.82, 2.24) is 15.0 Å². The number of nitrogens with one attached hydrogen (secondary N) is 2. The molecule has 1 atom stereocenters. The Balaban J connectivity index is 1.54. The highest BCUT2D eigenvalue weighted by atomic mass is 32.2. The fraction of sp³-hybridized carbons (Fsp3) is 0.269. The van der Waals surface area contributed by atoms with E-state index in [1.807, 2.05) is 19.2 Å². The molecule has 4 nitrogen and oxygen atoms in total. The molecule has 0 radical (unpaired) electrons. The zero-order valence-electron chi connectivity index (χ0n) is 18.5. The lowest BCUT2D eigenvalue weighted by Crippen LogP contribution is -2.16. The number of fused-ring (bicyclic) bond motifs is 1. The Hall–Kier alpha value is -2.38. The summed E-state index contributed by atoms with van der Waals surface area (Å²) < 4.78 is 10.7. The first-order valence-corrected chi connectivity index (χ1v) is 12.6. The number of aryl methyl sites for hydroxylation is 1. The molecule has 4 rings (SSSR count). The minimum atomic E-state index is 0.111. The minimum Gasteiger partial charge on any atom is -0.493 e. The van der Waals surface area contributed by atoms with Crippen LogP contribution >= 0.6 is 23.3 Å². The molecule has 2 N–H and O–H groups in total. The van der Waals surface area contributed by atoms with Gasteiger partial charge in [0, 0.05) is 4.90 Å². The minimum absolute atomic E-state index is 0.111. The maximum atomic E-state index is 5.92. The van der Waals surface area contributed by atoms with E-state index in [1.165, 1.54) is 16.0 Å². The number of nitrogens with zero attached hydrogens (tertiary/aromatic N) is 1. The van der Waals surface area contributed by atoms with E-state index in [0.29, 0.717) is 6.61 Å². The third kappa shape index (κ3) is 6.33. The first-order valence-electron chi connectivity index (χ1n) is 10.9. The molecule has 0 bridgehead atoms. The van der Waals surface area contributed by atoms with Crippen LogP contribution in [0, 0.1) is 6.92 Å².